The van der Waals surface area contributed by atoms with Gasteiger partial charge in [0.25, 0.3) is 0 Å². The fourth-order valence-corrected chi connectivity index (χ4v) is 7.69. The maximum Gasteiger partial charge on any atom is 0.0645 e. The summed E-state index contributed by atoms with van der Waals surface area (Å²) < 4.78 is 37.8. The summed E-state index contributed by atoms with van der Waals surface area (Å²) in [6, 6.07) is 65.0. The van der Waals surface area contributed by atoms with Crippen molar-refractivity contribution in [2.45, 2.75) is 0 Å². The van der Waals surface area contributed by atoms with E-state index < -0.39 is 0 Å². The Hall–Kier alpha value is -7.16. The molecule has 0 aliphatic carbocycles. The molecule has 54 heavy (non-hydrogen) atoms. The minimum atomic E-state index is -0.106. The molecule has 0 spiro atoms. The summed E-state index contributed by atoms with van der Waals surface area (Å²) in [5.74, 6) is 0. The van der Waals surface area contributed by atoms with Gasteiger partial charge in [0.15, 0.2) is 0 Å². The van der Waals surface area contributed by atoms with Crippen molar-refractivity contribution in [2.75, 3.05) is 9.80 Å². The predicted molar refractivity (Wildman–Crippen MR) is 230 cm³/mol. The van der Waals surface area contributed by atoms with Crippen molar-refractivity contribution >= 4 is 66.4 Å². The second-order valence-corrected chi connectivity index (χ2v) is 13.5. The molecule has 0 heterocycles. The normalized spacial score (nSPS) is 12.4. The number of anilines is 6. The second kappa shape index (κ2) is 13.4. The molecular formula is C52H36N2. The average Bonchev–Trinajstić information content (AvgIpc) is 3.28. The van der Waals surface area contributed by atoms with Crippen LogP contribution < -0.4 is 9.80 Å². The molecule has 2 nitrogen and oxygen atoms in total. The molecule has 10 aromatic rings. The standard InChI is InChI=1S/C52H36N2/c1-4-15-44(16-5-1)53(45-17-6-2-7-18-45)47-32-28-39(29-33-47)37-22-24-38(25-23-37)40-30-34-48(35-31-40)54(46-19-8-3-9-20-46)50-36-43-14-10-12-41-26-27-42-13-11-21-49(50)52(42)51(41)43/h1-36H/i30D,31D,34D,35D. The van der Waals surface area contributed by atoms with E-state index in [1.165, 1.54) is 5.39 Å². The maximum atomic E-state index is 9.52. The van der Waals surface area contributed by atoms with E-state index in [1.54, 1.807) is 0 Å². The van der Waals surface area contributed by atoms with Gasteiger partial charge in [-0.2, -0.15) is 0 Å². The topological polar surface area (TPSA) is 6.48 Å². The molecular weight excluding hydrogens is 653 g/mol. The maximum absolute atomic E-state index is 9.52. The molecule has 0 fully saturated rings. The van der Waals surface area contributed by atoms with Gasteiger partial charge >= 0.3 is 0 Å². The van der Waals surface area contributed by atoms with Crippen LogP contribution in [0.4, 0.5) is 34.1 Å². The van der Waals surface area contributed by atoms with Gasteiger partial charge in [0.2, 0.25) is 0 Å². The highest BCUT2D eigenvalue weighted by molar-refractivity contribution is 6.26. The van der Waals surface area contributed by atoms with Crippen LogP contribution in [0.5, 0.6) is 0 Å². The van der Waals surface area contributed by atoms with Crippen LogP contribution in [0.15, 0.2) is 218 Å². The Kier molecular flexibility index (Phi) is 6.84. The van der Waals surface area contributed by atoms with E-state index in [0.717, 1.165) is 66.5 Å². The van der Waals surface area contributed by atoms with Gasteiger partial charge in [0, 0.05) is 33.8 Å². The number of nitrogens with zero attached hydrogens (tertiary/aromatic N) is 2. The molecule has 0 aromatic heterocycles. The van der Waals surface area contributed by atoms with E-state index in [2.05, 4.69) is 102 Å². The van der Waals surface area contributed by atoms with E-state index in [4.69, 9.17) is 0 Å². The molecule has 10 aromatic carbocycles. The molecule has 0 N–H and O–H groups in total. The molecule has 254 valence electrons. The molecule has 0 saturated heterocycles. The van der Waals surface area contributed by atoms with E-state index in [9.17, 15) is 5.48 Å². The third kappa shape index (κ3) is 5.62. The summed E-state index contributed by atoms with van der Waals surface area (Å²) >= 11 is 0. The molecule has 10 rings (SSSR count). The van der Waals surface area contributed by atoms with Gasteiger partial charge in [-0.1, -0.05) is 152 Å². The van der Waals surface area contributed by atoms with Crippen LogP contribution in [0.25, 0.3) is 54.6 Å². The third-order valence-electron chi connectivity index (χ3n) is 10.2. The van der Waals surface area contributed by atoms with Crippen molar-refractivity contribution in [3.05, 3.63) is 218 Å². The van der Waals surface area contributed by atoms with Crippen molar-refractivity contribution in [1.82, 2.24) is 0 Å². The van der Waals surface area contributed by atoms with Crippen LogP contribution in [0, 0.1) is 0 Å². The first kappa shape index (κ1) is 27.5. The molecule has 0 aliphatic heterocycles. The first-order valence-electron chi connectivity index (χ1n) is 20.2. The lowest BCUT2D eigenvalue weighted by Gasteiger charge is -2.28. The quantitative estimate of drug-likeness (QED) is 0.146. The van der Waals surface area contributed by atoms with Crippen LogP contribution in [0.2, 0.25) is 0 Å². The fraction of sp³-hybridized carbons (Fsp3) is 0. The van der Waals surface area contributed by atoms with Crippen LogP contribution in [-0.4, -0.2) is 0 Å². The number of hydrogen-bond donors (Lipinski definition) is 0. The minimum Gasteiger partial charge on any atom is -0.311 e. The summed E-state index contributed by atoms with van der Waals surface area (Å²) in [5, 5.41) is 6.55. The minimum absolute atomic E-state index is 0.0898. The highest BCUT2D eigenvalue weighted by atomic mass is 15.1. The van der Waals surface area contributed by atoms with Gasteiger partial charge in [-0.3, -0.25) is 0 Å². The van der Waals surface area contributed by atoms with Crippen molar-refractivity contribution in [1.29, 1.82) is 0 Å². The Bertz CT molecular complexity index is 3010. The van der Waals surface area contributed by atoms with Crippen molar-refractivity contribution in [3.63, 3.8) is 0 Å². The fourth-order valence-electron chi connectivity index (χ4n) is 7.69. The van der Waals surface area contributed by atoms with Gasteiger partial charge in [-0.25, -0.2) is 0 Å². The van der Waals surface area contributed by atoms with Crippen LogP contribution in [0.3, 0.4) is 0 Å². The largest absolute Gasteiger partial charge is 0.311 e. The molecule has 0 bridgehead atoms. The van der Waals surface area contributed by atoms with Crippen molar-refractivity contribution in [3.8, 4) is 22.3 Å². The summed E-state index contributed by atoms with van der Waals surface area (Å²) in [6.07, 6.45) is 0. The van der Waals surface area contributed by atoms with E-state index >= 15 is 0 Å². The van der Waals surface area contributed by atoms with Gasteiger partial charge in [-0.05, 0) is 116 Å². The van der Waals surface area contributed by atoms with Gasteiger partial charge in [0.1, 0.15) is 0 Å². The Labute approximate surface area is 321 Å². The Balaban J connectivity index is 1.05. The van der Waals surface area contributed by atoms with Gasteiger partial charge < -0.3 is 9.80 Å². The number of rotatable bonds is 8. The lowest BCUT2D eigenvalue weighted by molar-refractivity contribution is 1.28. The first-order valence-corrected chi connectivity index (χ1v) is 18.2. The Morgan fingerprint density at radius 2 is 0.741 bits per heavy atom. The summed E-state index contributed by atoms with van der Waals surface area (Å²) in [4.78, 5) is 4.12. The first-order chi connectivity index (χ1) is 28.5. The van der Waals surface area contributed by atoms with E-state index in [1.807, 2.05) is 102 Å². The smallest absolute Gasteiger partial charge is 0.0645 e. The average molecular weight is 693 g/mol. The number of hydrogen-bond acceptors (Lipinski definition) is 2. The molecule has 0 unspecified atom stereocenters. The molecule has 0 radical (unpaired) electrons. The number of benzene rings is 10. The summed E-state index contributed by atoms with van der Waals surface area (Å²) in [7, 11) is 0. The lowest BCUT2D eigenvalue weighted by atomic mass is 9.92. The zero-order valence-electron chi connectivity index (χ0n) is 33.4. The number of para-hydroxylation sites is 3. The van der Waals surface area contributed by atoms with Crippen molar-refractivity contribution < 1.29 is 5.48 Å². The Morgan fingerprint density at radius 1 is 0.296 bits per heavy atom. The second-order valence-electron chi connectivity index (χ2n) is 13.5. The van der Waals surface area contributed by atoms with Gasteiger partial charge in [0.05, 0.1) is 11.2 Å². The van der Waals surface area contributed by atoms with Crippen LogP contribution >= 0.6 is 0 Å². The summed E-state index contributed by atoms with van der Waals surface area (Å²) in [5.41, 5.74) is 7.82. The molecule has 0 saturated carbocycles. The zero-order valence-corrected chi connectivity index (χ0v) is 29.4. The van der Waals surface area contributed by atoms with Crippen LogP contribution in [-0.2, 0) is 0 Å². The molecule has 2 heteroatoms. The highest BCUT2D eigenvalue weighted by Gasteiger charge is 2.19. The predicted octanol–water partition coefficient (Wildman–Crippen LogP) is 14.9. The Morgan fingerprint density at radius 3 is 1.31 bits per heavy atom. The van der Waals surface area contributed by atoms with E-state index in [0.29, 0.717) is 5.56 Å². The molecule has 0 amide bonds. The van der Waals surface area contributed by atoms with Crippen LogP contribution in [0.1, 0.15) is 5.48 Å². The highest BCUT2D eigenvalue weighted by Crippen LogP contribution is 2.45. The molecule has 0 atom stereocenters. The summed E-state index contributed by atoms with van der Waals surface area (Å²) in [6.45, 7) is 0. The lowest BCUT2D eigenvalue weighted by Crippen LogP contribution is -2.10. The van der Waals surface area contributed by atoms with Gasteiger partial charge in [-0.15, -0.1) is 0 Å². The van der Waals surface area contributed by atoms with E-state index in [-0.39, 0.29) is 35.4 Å². The van der Waals surface area contributed by atoms with Crippen molar-refractivity contribution in [2.24, 2.45) is 0 Å². The monoisotopic (exact) mass is 692 g/mol. The molecule has 0 aliphatic rings. The third-order valence-corrected chi connectivity index (χ3v) is 10.2. The SMILES string of the molecule is [2H]c1c([2H])c(N(c2ccccc2)c2cc3cccc4ccc5cccc2c5c43)c([2H])c([2H])c1-c1ccc(-c2ccc(N(c3ccccc3)c3ccccc3)cc2)cc1. The zero-order chi connectivity index (χ0) is 39.3.